The molecule has 0 bridgehead atoms. The molecular weight excluding hydrogens is 250 g/mol. The highest BCUT2D eigenvalue weighted by Gasteiger charge is 2.34. The summed E-state index contributed by atoms with van der Waals surface area (Å²) in [4.78, 5) is 0. The number of rotatable bonds is 5. The standard InChI is InChI=1S/C14H20ClNO2/c1-10(16)5-11-3-4-13(12(15)6-11)18-9-14(2)7-17-8-14/h3-4,6,10H,5,7-9,16H2,1-2H3. The van der Waals surface area contributed by atoms with Gasteiger partial charge in [0.1, 0.15) is 5.75 Å². The Morgan fingerprint density at radius 2 is 2.22 bits per heavy atom. The Morgan fingerprint density at radius 1 is 1.50 bits per heavy atom. The van der Waals surface area contributed by atoms with Gasteiger partial charge in [-0.2, -0.15) is 0 Å². The molecule has 0 aromatic heterocycles. The van der Waals surface area contributed by atoms with Gasteiger partial charge in [-0.05, 0) is 31.0 Å². The lowest BCUT2D eigenvalue weighted by atomic mass is 9.90. The van der Waals surface area contributed by atoms with Crippen LogP contribution in [0.5, 0.6) is 5.75 Å². The summed E-state index contributed by atoms with van der Waals surface area (Å²) >= 11 is 6.21. The van der Waals surface area contributed by atoms with Crippen molar-refractivity contribution in [2.45, 2.75) is 26.3 Å². The zero-order chi connectivity index (χ0) is 13.2. The maximum Gasteiger partial charge on any atom is 0.137 e. The molecule has 1 unspecified atom stereocenters. The molecule has 0 saturated carbocycles. The number of ether oxygens (including phenoxy) is 2. The molecule has 4 heteroatoms. The predicted molar refractivity (Wildman–Crippen MR) is 73.2 cm³/mol. The largest absolute Gasteiger partial charge is 0.491 e. The van der Waals surface area contributed by atoms with Crippen LogP contribution in [-0.4, -0.2) is 25.9 Å². The fourth-order valence-electron chi connectivity index (χ4n) is 1.95. The van der Waals surface area contributed by atoms with E-state index in [1.807, 2.05) is 25.1 Å². The second-order valence-corrected chi connectivity index (χ2v) is 5.95. The highest BCUT2D eigenvalue weighted by molar-refractivity contribution is 6.32. The van der Waals surface area contributed by atoms with Crippen LogP contribution in [0.4, 0.5) is 0 Å². The smallest absolute Gasteiger partial charge is 0.137 e. The van der Waals surface area contributed by atoms with Crippen molar-refractivity contribution in [2.24, 2.45) is 11.1 Å². The number of hydrogen-bond acceptors (Lipinski definition) is 3. The van der Waals surface area contributed by atoms with Gasteiger partial charge in [0, 0.05) is 11.5 Å². The van der Waals surface area contributed by atoms with Crippen molar-refractivity contribution in [3.63, 3.8) is 0 Å². The highest BCUT2D eigenvalue weighted by atomic mass is 35.5. The second kappa shape index (κ2) is 5.47. The maximum atomic E-state index is 6.21. The van der Waals surface area contributed by atoms with Crippen LogP contribution in [0, 0.1) is 5.41 Å². The minimum absolute atomic E-state index is 0.133. The summed E-state index contributed by atoms with van der Waals surface area (Å²) in [7, 11) is 0. The Balaban J connectivity index is 1.96. The van der Waals surface area contributed by atoms with Crippen molar-refractivity contribution >= 4 is 11.6 Å². The van der Waals surface area contributed by atoms with Crippen molar-refractivity contribution in [3.05, 3.63) is 28.8 Å². The van der Waals surface area contributed by atoms with Gasteiger partial charge < -0.3 is 15.2 Å². The second-order valence-electron chi connectivity index (χ2n) is 5.54. The SMILES string of the molecule is CC(N)Cc1ccc(OCC2(C)COC2)c(Cl)c1. The van der Waals surface area contributed by atoms with Crippen LogP contribution in [0.2, 0.25) is 5.02 Å². The average Bonchev–Trinajstić information content (AvgIpc) is 2.24. The lowest BCUT2D eigenvalue weighted by Crippen LogP contribution is -2.44. The minimum Gasteiger partial charge on any atom is -0.491 e. The number of nitrogens with two attached hydrogens (primary N) is 1. The summed E-state index contributed by atoms with van der Waals surface area (Å²) in [6, 6.07) is 6.01. The molecule has 18 heavy (non-hydrogen) atoms. The van der Waals surface area contributed by atoms with Gasteiger partial charge in [0.15, 0.2) is 0 Å². The van der Waals surface area contributed by atoms with E-state index in [0.29, 0.717) is 11.6 Å². The van der Waals surface area contributed by atoms with Crippen molar-refractivity contribution in [1.29, 1.82) is 0 Å². The Labute approximate surface area is 113 Å². The molecule has 1 aliphatic rings. The molecule has 100 valence electrons. The van der Waals surface area contributed by atoms with Crippen LogP contribution in [0.25, 0.3) is 0 Å². The maximum absolute atomic E-state index is 6.21. The lowest BCUT2D eigenvalue weighted by molar-refractivity contribution is -0.120. The van der Waals surface area contributed by atoms with Gasteiger partial charge in [-0.15, -0.1) is 0 Å². The van der Waals surface area contributed by atoms with Gasteiger partial charge in [-0.1, -0.05) is 24.6 Å². The molecule has 0 radical (unpaired) electrons. The van der Waals surface area contributed by atoms with Gasteiger partial charge in [0.25, 0.3) is 0 Å². The zero-order valence-corrected chi connectivity index (χ0v) is 11.7. The van der Waals surface area contributed by atoms with Gasteiger partial charge in [-0.25, -0.2) is 0 Å². The molecule has 1 atom stereocenters. The van der Waals surface area contributed by atoms with Crippen molar-refractivity contribution in [3.8, 4) is 5.75 Å². The molecule has 1 aromatic carbocycles. The van der Waals surface area contributed by atoms with Crippen LogP contribution in [0.1, 0.15) is 19.4 Å². The van der Waals surface area contributed by atoms with E-state index in [1.165, 1.54) is 0 Å². The fourth-order valence-corrected chi connectivity index (χ4v) is 2.20. The van der Waals surface area contributed by atoms with Crippen molar-refractivity contribution < 1.29 is 9.47 Å². The van der Waals surface area contributed by atoms with Crippen LogP contribution in [0.3, 0.4) is 0 Å². The van der Waals surface area contributed by atoms with E-state index in [2.05, 4.69) is 6.92 Å². The number of hydrogen-bond donors (Lipinski definition) is 1. The monoisotopic (exact) mass is 269 g/mol. The fraction of sp³-hybridized carbons (Fsp3) is 0.571. The number of benzene rings is 1. The summed E-state index contributed by atoms with van der Waals surface area (Å²) in [5, 5.41) is 0.650. The first-order valence-corrected chi connectivity index (χ1v) is 6.61. The van der Waals surface area contributed by atoms with E-state index in [4.69, 9.17) is 26.8 Å². The third-order valence-electron chi connectivity index (χ3n) is 3.03. The van der Waals surface area contributed by atoms with E-state index < -0.39 is 0 Å². The highest BCUT2D eigenvalue weighted by Crippen LogP contribution is 2.31. The molecular formula is C14H20ClNO2. The number of halogens is 1. The quantitative estimate of drug-likeness (QED) is 0.894. The molecule has 0 spiro atoms. The first-order valence-electron chi connectivity index (χ1n) is 6.23. The molecule has 0 aliphatic carbocycles. The Kier molecular flexibility index (Phi) is 4.15. The summed E-state index contributed by atoms with van der Waals surface area (Å²) in [6.45, 7) is 6.28. The summed E-state index contributed by atoms with van der Waals surface area (Å²) < 4.78 is 11.0. The molecule has 1 saturated heterocycles. The molecule has 1 aliphatic heterocycles. The Bertz CT molecular complexity index is 416. The van der Waals surface area contributed by atoms with Gasteiger partial charge >= 0.3 is 0 Å². The van der Waals surface area contributed by atoms with Crippen LogP contribution < -0.4 is 10.5 Å². The van der Waals surface area contributed by atoms with Gasteiger partial charge in [-0.3, -0.25) is 0 Å². The molecule has 0 amide bonds. The van der Waals surface area contributed by atoms with E-state index in [9.17, 15) is 0 Å². The summed E-state index contributed by atoms with van der Waals surface area (Å²) in [5.41, 5.74) is 7.04. The summed E-state index contributed by atoms with van der Waals surface area (Å²) in [5.74, 6) is 0.734. The van der Waals surface area contributed by atoms with E-state index in [1.54, 1.807) is 0 Å². The van der Waals surface area contributed by atoms with Crippen molar-refractivity contribution in [1.82, 2.24) is 0 Å². The normalized spacial score (nSPS) is 19.1. The Morgan fingerprint density at radius 3 is 2.72 bits per heavy atom. The van der Waals surface area contributed by atoms with Crippen molar-refractivity contribution in [2.75, 3.05) is 19.8 Å². The van der Waals surface area contributed by atoms with Crippen LogP contribution in [0.15, 0.2) is 18.2 Å². The minimum atomic E-state index is 0.133. The summed E-state index contributed by atoms with van der Waals surface area (Å²) in [6.07, 6.45) is 0.825. The Hall–Kier alpha value is -0.770. The van der Waals surface area contributed by atoms with Gasteiger partial charge in [0.2, 0.25) is 0 Å². The van der Waals surface area contributed by atoms with Crippen LogP contribution >= 0.6 is 11.6 Å². The molecule has 1 heterocycles. The molecule has 3 nitrogen and oxygen atoms in total. The molecule has 1 fully saturated rings. The molecule has 1 aromatic rings. The van der Waals surface area contributed by atoms with E-state index in [-0.39, 0.29) is 11.5 Å². The third-order valence-corrected chi connectivity index (χ3v) is 3.33. The average molecular weight is 270 g/mol. The van der Waals surface area contributed by atoms with Crippen LogP contribution in [-0.2, 0) is 11.2 Å². The first kappa shape index (κ1) is 13.7. The topological polar surface area (TPSA) is 44.5 Å². The lowest BCUT2D eigenvalue weighted by Gasteiger charge is -2.37. The van der Waals surface area contributed by atoms with E-state index in [0.717, 1.165) is 30.9 Å². The molecule has 2 N–H and O–H groups in total. The first-order chi connectivity index (χ1) is 8.48. The van der Waals surface area contributed by atoms with E-state index >= 15 is 0 Å². The molecule has 2 rings (SSSR count). The third kappa shape index (κ3) is 3.37. The van der Waals surface area contributed by atoms with Gasteiger partial charge in [0.05, 0.1) is 24.8 Å². The predicted octanol–water partition coefficient (Wildman–Crippen LogP) is 2.65. The zero-order valence-electron chi connectivity index (χ0n) is 10.9.